The normalized spacial score (nSPS) is 14.8. The largest absolute Gasteiger partial charge is 0.0885 e. The minimum atomic E-state index is 0.736. The Bertz CT molecular complexity index is 595. The van der Waals surface area contributed by atoms with Crippen LogP contribution in [0.2, 0.25) is 0 Å². The molecule has 2 saturated carbocycles. The first-order valence-corrected chi connectivity index (χ1v) is 27.8. The second-order valence-corrected chi connectivity index (χ2v) is 10.8. The molecule has 0 aromatic rings. The van der Waals surface area contributed by atoms with Gasteiger partial charge in [0.1, 0.15) is 0 Å². The molecule has 0 nitrogen and oxygen atoms in total. The van der Waals surface area contributed by atoms with Crippen molar-refractivity contribution in [1.29, 1.82) is 0 Å². The fraction of sp³-hybridized carbons (Fsp3) is 0.800. The first-order chi connectivity index (χ1) is 29.8. The Labute approximate surface area is 391 Å². The fourth-order valence-corrected chi connectivity index (χ4v) is 5.07. The first-order valence-electron chi connectivity index (χ1n) is 27.8. The van der Waals surface area contributed by atoms with E-state index in [1.54, 1.807) is 0 Å². The summed E-state index contributed by atoms with van der Waals surface area (Å²) in [5.41, 5.74) is 0. The van der Waals surface area contributed by atoms with E-state index in [1.165, 1.54) is 109 Å². The van der Waals surface area contributed by atoms with E-state index in [1.807, 2.05) is 166 Å². The fourth-order valence-electron chi connectivity index (χ4n) is 5.07. The summed E-state index contributed by atoms with van der Waals surface area (Å²) in [6, 6.07) is 0. The van der Waals surface area contributed by atoms with Gasteiger partial charge in [-0.05, 0) is 69.1 Å². The summed E-state index contributed by atoms with van der Waals surface area (Å²) < 4.78 is 0. The average Bonchev–Trinajstić information content (AvgIpc) is 4.25. The lowest BCUT2D eigenvalue weighted by Crippen LogP contribution is -1.86. The van der Waals surface area contributed by atoms with E-state index in [0.717, 1.165) is 24.2 Å². The van der Waals surface area contributed by atoms with Crippen LogP contribution in [0.1, 0.15) is 303 Å². The van der Waals surface area contributed by atoms with Gasteiger partial charge in [-0.15, -0.1) is 0 Å². The van der Waals surface area contributed by atoms with Crippen molar-refractivity contribution in [3.63, 3.8) is 0 Å². The van der Waals surface area contributed by atoms with Gasteiger partial charge in [-0.2, -0.15) is 0 Å². The topological polar surface area (TPSA) is 0 Å². The predicted octanol–water partition coefficient (Wildman–Crippen LogP) is 24.6. The third-order valence-corrected chi connectivity index (χ3v) is 7.80. The van der Waals surface area contributed by atoms with Gasteiger partial charge in [0, 0.05) is 0 Å². The molecule has 2 fully saturated rings. The van der Waals surface area contributed by atoms with Gasteiger partial charge in [-0.25, -0.2) is 0 Å². The third-order valence-electron chi connectivity index (χ3n) is 7.80. The van der Waals surface area contributed by atoms with E-state index >= 15 is 0 Å². The van der Waals surface area contributed by atoms with Crippen molar-refractivity contribution in [2.45, 2.75) is 303 Å². The minimum absolute atomic E-state index is 0.736. The molecule has 6 rings (SSSR count). The molecule has 0 bridgehead atoms. The van der Waals surface area contributed by atoms with Crippen LogP contribution in [0.15, 0.2) is 72.9 Å². The van der Waals surface area contributed by atoms with Gasteiger partial charge in [-0.3, -0.25) is 0 Å². The SMILES string of the molecule is C1=CCC=C1.C1=CCCC1.C1CCCC1.CC.CC.CC.CC.CC.CC.CC.CC.CC.CC.CC.CC.CCC1C=CC=C1.CCC1C=CCC1.CCC1CCCC1. The average molecular weight is 854 g/mol. The molecule has 6 aliphatic rings. The summed E-state index contributed by atoms with van der Waals surface area (Å²) in [7, 11) is 0. The molecular weight excluding hydrogens is 721 g/mol. The Hall–Kier alpha value is -1.56. The van der Waals surface area contributed by atoms with E-state index in [-0.39, 0.29) is 0 Å². The van der Waals surface area contributed by atoms with Gasteiger partial charge in [0.2, 0.25) is 0 Å². The molecule has 0 aromatic heterocycles. The molecule has 0 heterocycles. The summed E-state index contributed by atoms with van der Waals surface area (Å²) in [4.78, 5) is 0. The number of allylic oxidation sites excluding steroid dienone is 12. The van der Waals surface area contributed by atoms with Crippen LogP contribution in [-0.4, -0.2) is 0 Å². The lowest BCUT2D eigenvalue weighted by molar-refractivity contribution is 0.531. The maximum absolute atomic E-state index is 2.33. The van der Waals surface area contributed by atoms with Gasteiger partial charge in [0.25, 0.3) is 0 Å². The zero-order valence-corrected chi connectivity index (χ0v) is 48.4. The third kappa shape index (κ3) is 106. The van der Waals surface area contributed by atoms with Gasteiger partial charge in [0.05, 0.1) is 0 Å². The van der Waals surface area contributed by atoms with Crippen LogP contribution in [-0.2, 0) is 0 Å². The molecule has 0 radical (unpaired) electrons. The summed E-state index contributed by atoms with van der Waals surface area (Å²) >= 11 is 0. The summed E-state index contributed by atoms with van der Waals surface area (Å²) in [5.74, 6) is 2.75. The van der Waals surface area contributed by atoms with E-state index < -0.39 is 0 Å². The molecule has 60 heavy (non-hydrogen) atoms. The van der Waals surface area contributed by atoms with Gasteiger partial charge in [-0.1, -0.05) is 324 Å². The molecule has 0 heteroatoms. The molecule has 0 saturated heterocycles. The maximum Gasteiger partial charge on any atom is -0.00499 e. The Balaban J connectivity index is -0.0000000420. The summed E-state index contributed by atoms with van der Waals surface area (Å²) in [6.45, 7) is 54.8. The second kappa shape index (κ2) is 131. The van der Waals surface area contributed by atoms with Crippen molar-refractivity contribution >= 4 is 0 Å². The molecule has 0 N–H and O–H groups in total. The quantitative estimate of drug-likeness (QED) is 0.248. The molecule has 0 aliphatic heterocycles. The lowest BCUT2D eigenvalue weighted by Gasteiger charge is -1.99. The zero-order chi connectivity index (χ0) is 49.9. The Morgan fingerprint density at radius 2 is 0.650 bits per heavy atom. The van der Waals surface area contributed by atoms with Crippen molar-refractivity contribution in [1.82, 2.24) is 0 Å². The Morgan fingerprint density at radius 1 is 0.300 bits per heavy atom. The molecule has 1 atom stereocenters. The highest BCUT2D eigenvalue weighted by Crippen LogP contribution is 2.26. The van der Waals surface area contributed by atoms with Crippen LogP contribution >= 0.6 is 0 Å². The smallest absolute Gasteiger partial charge is 0.00499 e. The molecule has 0 aromatic carbocycles. The maximum atomic E-state index is 2.33. The van der Waals surface area contributed by atoms with Gasteiger partial charge in [0.15, 0.2) is 0 Å². The lowest BCUT2D eigenvalue weighted by atomic mass is 10.1. The highest BCUT2D eigenvalue weighted by atomic mass is 14.2. The highest BCUT2D eigenvalue weighted by Gasteiger charge is 2.11. The van der Waals surface area contributed by atoms with Crippen LogP contribution in [0.25, 0.3) is 0 Å². The molecule has 0 spiro atoms. The Kier molecular flexibility index (Phi) is 195. The van der Waals surface area contributed by atoms with Crippen molar-refractivity contribution < 1.29 is 0 Å². The van der Waals surface area contributed by atoms with Crippen LogP contribution < -0.4 is 0 Å². The van der Waals surface area contributed by atoms with E-state index in [2.05, 4.69) is 93.7 Å². The zero-order valence-electron chi connectivity index (χ0n) is 48.4. The van der Waals surface area contributed by atoms with Crippen LogP contribution in [0, 0.1) is 17.8 Å². The van der Waals surface area contributed by atoms with Gasteiger partial charge >= 0.3 is 0 Å². The highest BCUT2D eigenvalue weighted by molar-refractivity contribution is 5.16. The molecular formula is C60H132. The van der Waals surface area contributed by atoms with Crippen molar-refractivity contribution in [3.8, 4) is 0 Å². The molecule has 0 amide bonds. The monoisotopic (exact) mass is 853 g/mol. The number of rotatable bonds is 3. The van der Waals surface area contributed by atoms with E-state index in [0.29, 0.717) is 0 Å². The standard InChI is InChI=1S/C7H14.C7H12.C7H10.C5H10.C5H8.C5H6.12C2H6/c3*1-2-7-5-3-4-6-7;3*1-2-4-5-3-1;12*1-2/h7H,2-6H2,1H3;3,5,7H,2,4,6H2,1H3;3-7H,2H2,1H3;1-5H2;1-2H,3-5H2;1-4H,5H2;12*1-2H3. The van der Waals surface area contributed by atoms with Crippen molar-refractivity contribution in [2.75, 3.05) is 0 Å². The first kappa shape index (κ1) is 89.4. The molecule has 372 valence electrons. The summed E-state index contributed by atoms with van der Waals surface area (Å²) in [5, 5.41) is 0. The molecule has 1 unspecified atom stereocenters. The van der Waals surface area contributed by atoms with Crippen molar-refractivity contribution in [2.24, 2.45) is 17.8 Å². The van der Waals surface area contributed by atoms with Crippen molar-refractivity contribution in [3.05, 3.63) is 72.9 Å². The van der Waals surface area contributed by atoms with Crippen LogP contribution in [0.4, 0.5) is 0 Å². The minimum Gasteiger partial charge on any atom is -0.0885 e. The second-order valence-electron chi connectivity index (χ2n) is 10.8. The Morgan fingerprint density at radius 3 is 0.800 bits per heavy atom. The number of hydrogen-bond donors (Lipinski definition) is 0. The van der Waals surface area contributed by atoms with Crippen LogP contribution in [0.5, 0.6) is 0 Å². The molecule has 6 aliphatic carbocycles. The predicted molar refractivity (Wildman–Crippen MR) is 302 cm³/mol. The summed E-state index contributed by atoms with van der Waals surface area (Å²) in [6.07, 6.45) is 51.5. The van der Waals surface area contributed by atoms with E-state index in [4.69, 9.17) is 0 Å². The van der Waals surface area contributed by atoms with Gasteiger partial charge < -0.3 is 0 Å². The van der Waals surface area contributed by atoms with E-state index in [9.17, 15) is 0 Å². The number of hydrogen-bond acceptors (Lipinski definition) is 0. The van der Waals surface area contributed by atoms with Crippen LogP contribution in [0.3, 0.4) is 0 Å².